The number of benzene rings is 3. The number of ether oxygens (including phenoxy) is 2. The lowest BCUT2D eigenvalue weighted by molar-refractivity contribution is -0.134. The molecule has 3 aromatic rings. The smallest absolute Gasteiger partial charge is 0.230 e. The van der Waals surface area contributed by atoms with E-state index in [1.54, 1.807) is 7.11 Å². The van der Waals surface area contributed by atoms with Gasteiger partial charge in [-0.1, -0.05) is 43.3 Å². The summed E-state index contributed by atoms with van der Waals surface area (Å²) in [7, 11) is 1.65. The van der Waals surface area contributed by atoms with Gasteiger partial charge in [-0.25, -0.2) is 4.99 Å². The lowest BCUT2D eigenvalue weighted by Gasteiger charge is -2.38. The maximum absolute atomic E-state index is 13.4. The summed E-state index contributed by atoms with van der Waals surface area (Å²) >= 11 is 0. The van der Waals surface area contributed by atoms with Gasteiger partial charge < -0.3 is 19.3 Å². The van der Waals surface area contributed by atoms with Gasteiger partial charge in [-0.15, -0.1) is 0 Å². The molecule has 0 bridgehead atoms. The van der Waals surface area contributed by atoms with Crippen LogP contribution in [-0.2, 0) is 4.79 Å². The van der Waals surface area contributed by atoms with Crippen molar-refractivity contribution in [3.8, 4) is 17.2 Å². The molecule has 6 nitrogen and oxygen atoms in total. The fourth-order valence-corrected chi connectivity index (χ4v) is 4.83. The van der Waals surface area contributed by atoms with E-state index in [4.69, 9.17) is 14.5 Å². The van der Waals surface area contributed by atoms with E-state index in [1.165, 1.54) is 0 Å². The van der Waals surface area contributed by atoms with Crippen LogP contribution in [0.4, 0.5) is 5.69 Å². The van der Waals surface area contributed by atoms with Crippen LogP contribution in [0, 0.1) is 6.92 Å². The number of carbonyl (C=O) groups is 1. The predicted molar refractivity (Wildman–Crippen MR) is 138 cm³/mol. The Labute approximate surface area is 206 Å². The standard InChI is InChI=1S/C29H31N3O3/c1-4-23(21-8-6-5-7-9-21)29(33)32-16-14-31(15-17-32)28-24-12-11-22(34-3)19-26(24)35-27-18-20(2)10-13-25(27)30-28/h5-13,18-19,23H,4,14-17H2,1-3H3. The van der Waals surface area contributed by atoms with Crippen LogP contribution in [0.1, 0.15) is 36.0 Å². The Kier molecular flexibility index (Phi) is 6.45. The van der Waals surface area contributed by atoms with Crippen LogP contribution in [0.15, 0.2) is 71.7 Å². The first kappa shape index (κ1) is 23.0. The highest BCUT2D eigenvalue weighted by Crippen LogP contribution is 2.40. The lowest BCUT2D eigenvalue weighted by atomic mass is 9.94. The number of amides is 1. The number of nitrogens with zero attached hydrogens (tertiary/aromatic N) is 3. The Hall–Kier alpha value is -3.80. The highest BCUT2D eigenvalue weighted by Gasteiger charge is 2.30. The minimum absolute atomic E-state index is 0.102. The summed E-state index contributed by atoms with van der Waals surface area (Å²) in [5, 5.41) is 0. The van der Waals surface area contributed by atoms with Crippen LogP contribution < -0.4 is 9.47 Å². The van der Waals surface area contributed by atoms with E-state index in [1.807, 2.05) is 78.6 Å². The summed E-state index contributed by atoms with van der Waals surface area (Å²) in [6.45, 7) is 6.87. The van der Waals surface area contributed by atoms with Gasteiger partial charge in [0.05, 0.1) is 18.6 Å². The molecule has 2 aliphatic heterocycles. The molecule has 0 aliphatic carbocycles. The van der Waals surface area contributed by atoms with E-state index < -0.39 is 0 Å². The van der Waals surface area contributed by atoms with E-state index in [9.17, 15) is 4.79 Å². The topological polar surface area (TPSA) is 54.4 Å². The van der Waals surface area contributed by atoms with Crippen LogP contribution in [0.3, 0.4) is 0 Å². The molecule has 2 heterocycles. The fourth-order valence-electron chi connectivity index (χ4n) is 4.83. The Bertz CT molecular complexity index is 1250. The molecule has 35 heavy (non-hydrogen) atoms. The largest absolute Gasteiger partial charge is 0.497 e. The third-order valence-electron chi connectivity index (χ3n) is 6.79. The Morgan fingerprint density at radius 1 is 1.00 bits per heavy atom. The molecule has 1 saturated heterocycles. The number of aliphatic imine (C=N–C) groups is 1. The second-order valence-electron chi connectivity index (χ2n) is 9.05. The highest BCUT2D eigenvalue weighted by atomic mass is 16.5. The van der Waals surface area contributed by atoms with Crippen molar-refractivity contribution in [2.75, 3.05) is 33.3 Å². The summed E-state index contributed by atoms with van der Waals surface area (Å²) in [6, 6.07) is 22.0. The van der Waals surface area contributed by atoms with Crippen molar-refractivity contribution < 1.29 is 14.3 Å². The molecule has 0 spiro atoms. The van der Waals surface area contributed by atoms with Crippen molar-refractivity contribution in [3.05, 3.63) is 83.4 Å². The van der Waals surface area contributed by atoms with E-state index in [0.29, 0.717) is 26.2 Å². The van der Waals surface area contributed by atoms with Crippen LogP contribution in [-0.4, -0.2) is 54.8 Å². The number of methoxy groups -OCH3 is 1. The number of rotatable bonds is 4. The SMILES string of the molecule is CCC(C(=O)N1CCN(C2=Nc3ccc(C)cc3Oc3cc(OC)ccc32)CC1)c1ccccc1. The summed E-state index contributed by atoms with van der Waals surface area (Å²) < 4.78 is 11.8. The maximum atomic E-state index is 13.4. The quantitative estimate of drug-likeness (QED) is 0.505. The van der Waals surface area contributed by atoms with Crippen molar-refractivity contribution in [2.24, 2.45) is 4.99 Å². The molecule has 1 amide bonds. The number of amidine groups is 1. The zero-order valence-electron chi connectivity index (χ0n) is 20.5. The zero-order valence-corrected chi connectivity index (χ0v) is 20.5. The van der Waals surface area contributed by atoms with Gasteiger partial charge in [-0.3, -0.25) is 4.79 Å². The average molecular weight is 470 g/mol. The van der Waals surface area contributed by atoms with Gasteiger partial charge in [0, 0.05) is 32.2 Å². The second kappa shape index (κ2) is 9.82. The van der Waals surface area contributed by atoms with Crippen molar-refractivity contribution in [1.29, 1.82) is 0 Å². The van der Waals surface area contributed by atoms with E-state index in [2.05, 4.69) is 11.8 Å². The fraction of sp³-hybridized carbons (Fsp3) is 0.310. The molecule has 180 valence electrons. The lowest BCUT2D eigenvalue weighted by Crippen LogP contribution is -2.51. The minimum Gasteiger partial charge on any atom is -0.497 e. The average Bonchev–Trinajstić information content (AvgIpc) is 3.05. The van der Waals surface area contributed by atoms with Crippen molar-refractivity contribution in [1.82, 2.24) is 9.80 Å². The first-order valence-electron chi connectivity index (χ1n) is 12.2. The Balaban J connectivity index is 1.40. The van der Waals surface area contributed by atoms with Crippen molar-refractivity contribution in [2.45, 2.75) is 26.2 Å². The summed E-state index contributed by atoms with van der Waals surface area (Å²) in [5.41, 5.74) is 3.93. The number of piperazine rings is 1. The van der Waals surface area contributed by atoms with Crippen LogP contribution in [0.2, 0.25) is 0 Å². The van der Waals surface area contributed by atoms with Gasteiger partial charge in [0.2, 0.25) is 5.91 Å². The van der Waals surface area contributed by atoms with Gasteiger partial charge in [0.15, 0.2) is 5.75 Å². The molecule has 1 fully saturated rings. The third kappa shape index (κ3) is 4.61. The van der Waals surface area contributed by atoms with Gasteiger partial charge in [0.25, 0.3) is 0 Å². The molecule has 1 atom stereocenters. The Morgan fingerprint density at radius 2 is 1.77 bits per heavy atom. The summed E-state index contributed by atoms with van der Waals surface area (Å²) in [4.78, 5) is 22.7. The predicted octanol–water partition coefficient (Wildman–Crippen LogP) is 5.53. The molecule has 5 rings (SSSR count). The molecule has 0 radical (unpaired) electrons. The van der Waals surface area contributed by atoms with Crippen LogP contribution >= 0.6 is 0 Å². The van der Waals surface area contributed by atoms with E-state index in [0.717, 1.165) is 51.9 Å². The molecular formula is C29H31N3O3. The van der Waals surface area contributed by atoms with Gasteiger partial charge in [0.1, 0.15) is 23.0 Å². The van der Waals surface area contributed by atoms with Crippen LogP contribution in [0.25, 0.3) is 0 Å². The molecule has 0 N–H and O–H groups in total. The number of aryl methyl sites for hydroxylation is 1. The molecule has 2 aliphatic rings. The van der Waals surface area contributed by atoms with Crippen LogP contribution in [0.5, 0.6) is 17.2 Å². The normalized spacial score (nSPS) is 15.8. The van der Waals surface area contributed by atoms with E-state index in [-0.39, 0.29) is 11.8 Å². The molecule has 1 unspecified atom stereocenters. The van der Waals surface area contributed by atoms with Crippen molar-refractivity contribution in [3.63, 3.8) is 0 Å². The molecule has 3 aromatic carbocycles. The molecule has 0 aromatic heterocycles. The highest BCUT2D eigenvalue weighted by molar-refractivity contribution is 6.04. The first-order chi connectivity index (χ1) is 17.1. The number of carbonyl (C=O) groups excluding carboxylic acids is 1. The summed E-state index contributed by atoms with van der Waals surface area (Å²) in [5.74, 6) is 3.16. The first-order valence-corrected chi connectivity index (χ1v) is 12.2. The number of hydrogen-bond acceptors (Lipinski definition) is 5. The number of fused-ring (bicyclic) bond motifs is 2. The Morgan fingerprint density at radius 3 is 2.49 bits per heavy atom. The minimum atomic E-state index is -0.102. The third-order valence-corrected chi connectivity index (χ3v) is 6.79. The number of hydrogen-bond donors (Lipinski definition) is 0. The second-order valence-corrected chi connectivity index (χ2v) is 9.05. The molecular weight excluding hydrogens is 438 g/mol. The summed E-state index contributed by atoms with van der Waals surface area (Å²) in [6.07, 6.45) is 0.790. The zero-order chi connectivity index (χ0) is 24.4. The van der Waals surface area contributed by atoms with Gasteiger partial charge >= 0.3 is 0 Å². The maximum Gasteiger partial charge on any atom is 0.230 e. The van der Waals surface area contributed by atoms with Crippen molar-refractivity contribution >= 4 is 17.4 Å². The molecule has 0 saturated carbocycles. The van der Waals surface area contributed by atoms with Gasteiger partial charge in [-0.05, 0) is 48.7 Å². The monoisotopic (exact) mass is 469 g/mol. The molecule has 6 heteroatoms. The van der Waals surface area contributed by atoms with Gasteiger partial charge in [-0.2, -0.15) is 0 Å². The van der Waals surface area contributed by atoms with E-state index >= 15 is 0 Å².